The summed E-state index contributed by atoms with van der Waals surface area (Å²) in [6.45, 7) is 7.43. The lowest BCUT2D eigenvalue weighted by molar-refractivity contribution is -0.139. The largest absolute Gasteiger partial charge is 0.463 e. The van der Waals surface area contributed by atoms with Gasteiger partial charge in [0, 0.05) is 24.0 Å². The Morgan fingerprint density at radius 1 is 1.28 bits per heavy atom. The molecule has 0 aliphatic carbocycles. The van der Waals surface area contributed by atoms with Gasteiger partial charge in [0.2, 0.25) is 5.88 Å². The van der Waals surface area contributed by atoms with Crippen molar-refractivity contribution in [1.29, 1.82) is 5.26 Å². The van der Waals surface area contributed by atoms with Gasteiger partial charge in [-0.3, -0.25) is 0 Å². The summed E-state index contributed by atoms with van der Waals surface area (Å²) in [5, 5.41) is 10.9. The summed E-state index contributed by atoms with van der Waals surface area (Å²) in [5.74, 6) is -0.0784. The van der Waals surface area contributed by atoms with Crippen molar-refractivity contribution < 1.29 is 14.3 Å². The van der Waals surface area contributed by atoms with E-state index in [0.29, 0.717) is 11.3 Å². The molecule has 0 radical (unpaired) electrons. The molecular weight excluding hydrogens is 404 g/mol. The average Bonchev–Trinajstić information content (AvgIpc) is 2.78. The average molecular weight is 433 g/mol. The van der Waals surface area contributed by atoms with Crippen molar-refractivity contribution in [1.82, 2.24) is 4.98 Å². The lowest BCUT2D eigenvalue weighted by Gasteiger charge is -2.33. The van der Waals surface area contributed by atoms with Crippen LogP contribution in [-0.2, 0) is 14.3 Å². The maximum atomic E-state index is 13.0. The second kappa shape index (κ2) is 8.91. The van der Waals surface area contributed by atoms with Crippen LogP contribution in [0, 0.1) is 18.3 Å². The Kier molecular flexibility index (Phi) is 6.04. The summed E-state index contributed by atoms with van der Waals surface area (Å²) < 4.78 is 10.9. The number of aryl methyl sites for hydroxylation is 1. The van der Waals surface area contributed by atoms with Crippen LogP contribution >= 0.6 is 0 Å². The number of nitrogens with zero attached hydrogens (tertiary/aromatic N) is 3. The summed E-state index contributed by atoms with van der Waals surface area (Å²) in [5.41, 5.74) is 9.38. The van der Waals surface area contributed by atoms with Gasteiger partial charge in [-0.1, -0.05) is 11.6 Å². The Balaban J connectivity index is 1.99. The molecule has 3 heterocycles. The van der Waals surface area contributed by atoms with Gasteiger partial charge in [0.1, 0.15) is 23.2 Å². The van der Waals surface area contributed by atoms with E-state index >= 15 is 0 Å². The van der Waals surface area contributed by atoms with Gasteiger partial charge in [-0.15, -0.1) is 0 Å². The number of carbonyl (C=O) groups is 1. The number of pyridine rings is 1. The highest BCUT2D eigenvalue weighted by atomic mass is 16.5. The van der Waals surface area contributed by atoms with Gasteiger partial charge in [-0.25, -0.2) is 9.78 Å². The minimum absolute atomic E-state index is 0.0111. The van der Waals surface area contributed by atoms with Crippen LogP contribution in [0.5, 0.6) is 0 Å². The lowest BCUT2D eigenvalue weighted by Crippen LogP contribution is -2.33. The van der Waals surface area contributed by atoms with E-state index in [1.54, 1.807) is 13.8 Å². The number of aromatic nitrogens is 1. The highest BCUT2D eigenvalue weighted by Gasteiger charge is 2.39. The molecule has 0 bridgehead atoms. The van der Waals surface area contributed by atoms with Crippen LogP contribution < -0.4 is 10.6 Å². The number of rotatable bonds is 4. The van der Waals surface area contributed by atoms with Crippen LogP contribution in [0.2, 0.25) is 0 Å². The van der Waals surface area contributed by atoms with Gasteiger partial charge in [0.05, 0.1) is 23.6 Å². The van der Waals surface area contributed by atoms with Crippen molar-refractivity contribution in [3.63, 3.8) is 0 Å². The first-order valence-electron chi connectivity index (χ1n) is 11.1. The molecular formula is C25H28N4O3. The molecule has 0 saturated carbocycles. The Bertz CT molecular complexity index is 1170. The molecule has 2 N–H and O–H groups in total. The summed E-state index contributed by atoms with van der Waals surface area (Å²) in [6.07, 6.45) is 3.33. The van der Waals surface area contributed by atoms with E-state index in [1.165, 1.54) is 6.42 Å². The van der Waals surface area contributed by atoms with Crippen molar-refractivity contribution in [3.05, 3.63) is 58.2 Å². The zero-order chi connectivity index (χ0) is 22.8. The summed E-state index contributed by atoms with van der Waals surface area (Å²) in [6, 6.07) is 10.3. The number of hydrogen-bond donors (Lipinski definition) is 1. The third kappa shape index (κ3) is 3.89. The van der Waals surface area contributed by atoms with Crippen molar-refractivity contribution >= 4 is 22.7 Å². The van der Waals surface area contributed by atoms with Gasteiger partial charge in [0.15, 0.2) is 0 Å². The molecule has 1 saturated heterocycles. The molecule has 1 atom stereocenters. The minimum Gasteiger partial charge on any atom is -0.463 e. The maximum absolute atomic E-state index is 13.0. The number of piperidine rings is 1. The quantitative estimate of drug-likeness (QED) is 0.723. The number of anilines is 1. The van der Waals surface area contributed by atoms with Crippen LogP contribution in [0.25, 0.3) is 10.9 Å². The van der Waals surface area contributed by atoms with E-state index in [1.807, 2.05) is 25.1 Å². The zero-order valence-electron chi connectivity index (χ0n) is 18.8. The Hall–Kier alpha value is -3.53. The Labute approximate surface area is 188 Å². The predicted octanol–water partition coefficient (Wildman–Crippen LogP) is 4.18. The molecule has 0 amide bonds. The van der Waals surface area contributed by atoms with E-state index in [-0.39, 0.29) is 18.1 Å². The molecule has 2 aromatic rings. The Morgan fingerprint density at radius 2 is 2.03 bits per heavy atom. The molecule has 4 rings (SSSR count). The first-order chi connectivity index (χ1) is 15.4. The zero-order valence-corrected chi connectivity index (χ0v) is 18.8. The van der Waals surface area contributed by atoms with Gasteiger partial charge in [0.25, 0.3) is 0 Å². The third-order valence-electron chi connectivity index (χ3n) is 6.05. The molecule has 1 fully saturated rings. The monoisotopic (exact) mass is 432 g/mol. The van der Waals surface area contributed by atoms with Crippen molar-refractivity contribution in [3.8, 4) is 6.07 Å². The number of hydrogen-bond acceptors (Lipinski definition) is 7. The molecule has 7 heteroatoms. The van der Waals surface area contributed by atoms with Gasteiger partial charge in [-0.05, 0) is 58.2 Å². The van der Waals surface area contributed by atoms with E-state index in [9.17, 15) is 10.1 Å². The van der Waals surface area contributed by atoms with Gasteiger partial charge >= 0.3 is 5.97 Å². The first-order valence-corrected chi connectivity index (χ1v) is 11.1. The first kappa shape index (κ1) is 21.7. The van der Waals surface area contributed by atoms with Gasteiger partial charge < -0.3 is 20.1 Å². The number of fused-ring (bicyclic) bond motifs is 1. The smallest absolute Gasteiger partial charge is 0.338 e. The fraction of sp³-hybridized carbons (Fsp3) is 0.400. The molecule has 32 heavy (non-hydrogen) atoms. The predicted molar refractivity (Wildman–Crippen MR) is 123 cm³/mol. The van der Waals surface area contributed by atoms with E-state index in [2.05, 4.69) is 17.0 Å². The summed E-state index contributed by atoms with van der Waals surface area (Å²) >= 11 is 0. The highest BCUT2D eigenvalue weighted by Crippen LogP contribution is 2.44. The number of nitrogens with two attached hydrogens (primary N) is 1. The molecule has 166 valence electrons. The molecule has 2 aliphatic rings. The summed E-state index contributed by atoms with van der Waals surface area (Å²) in [7, 11) is 0. The molecule has 7 nitrogen and oxygen atoms in total. The number of esters is 1. The lowest BCUT2D eigenvalue weighted by atomic mass is 9.82. The fourth-order valence-corrected chi connectivity index (χ4v) is 4.54. The molecule has 0 spiro atoms. The molecule has 1 aromatic carbocycles. The van der Waals surface area contributed by atoms with Crippen LogP contribution in [0.1, 0.15) is 50.2 Å². The molecule has 0 unspecified atom stereocenters. The summed E-state index contributed by atoms with van der Waals surface area (Å²) in [4.78, 5) is 20.3. The highest BCUT2D eigenvalue weighted by molar-refractivity contribution is 5.94. The van der Waals surface area contributed by atoms with Crippen molar-refractivity contribution in [2.24, 2.45) is 5.73 Å². The maximum Gasteiger partial charge on any atom is 0.338 e. The number of nitriles is 1. The number of allylic oxidation sites excluding steroid dienone is 2. The van der Waals surface area contributed by atoms with Crippen molar-refractivity contribution in [2.45, 2.75) is 46.0 Å². The standard InChI is InChI=1S/C25H28N4O3/c1-4-31-25(30)21-16(3)32-23(27)19(14-26)22(21)18-13-17-12-15(2)8-9-20(17)28-24(18)29-10-6-5-7-11-29/h8-9,12-13,22H,4-7,10-11,27H2,1-3H3/t22-/m1/s1. The number of carbonyl (C=O) groups excluding carboxylic acids is 1. The van der Waals surface area contributed by atoms with Gasteiger partial charge in [-0.2, -0.15) is 5.26 Å². The van der Waals surface area contributed by atoms with Crippen LogP contribution in [0.4, 0.5) is 5.82 Å². The van der Waals surface area contributed by atoms with E-state index in [0.717, 1.165) is 53.8 Å². The van der Waals surface area contributed by atoms with E-state index < -0.39 is 11.9 Å². The SMILES string of the molecule is CCOC(=O)C1=C(C)OC(N)=C(C#N)[C@H]1c1cc2cc(C)ccc2nc1N1CCCCC1. The minimum atomic E-state index is -0.706. The van der Waals surface area contributed by atoms with Crippen LogP contribution in [0.3, 0.4) is 0 Å². The topological polar surface area (TPSA) is 101 Å². The second-order valence-electron chi connectivity index (χ2n) is 8.26. The van der Waals surface area contributed by atoms with Crippen LogP contribution in [0.15, 0.2) is 47.1 Å². The molecule has 1 aromatic heterocycles. The Morgan fingerprint density at radius 3 is 2.72 bits per heavy atom. The molecule has 2 aliphatic heterocycles. The number of ether oxygens (including phenoxy) is 2. The number of benzene rings is 1. The third-order valence-corrected chi connectivity index (χ3v) is 6.05. The second-order valence-corrected chi connectivity index (χ2v) is 8.26. The van der Waals surface area contributed by atoms with E-state index in [4.69, 9.17) is 20.2 Å². The fourth-order valence-electron chi connectivity index (χ4n) is 4.54. The van der Waals surface area contributed by atoms with Crippen molar-refractivity contribution in [2.75, 3.05) is 24.6 Å². The normalized spacial score (nSPS) is 19.1. The van der Waals surface area contributed by atoms with Crippen LogP contribution in [-0.4, -0.2) is 30.6 Å².